The zero-order valence-electron chi connectivity index (χ0n) is 24.8. The van der Waals surface area contributed by atoms with Crippen molar-refractivity contribution in [3.63, 3.8) is 0 Å². The monoisotopic (exact) mass is 670 g/mol. The van der Waals surface area contributed by atoms with Gasteiger partial charge in [-0.05, 0) is 24.6 Å². The van der Waals surface area contributed by atoms with Crippen LogP contribution < -0.4 is 14.8 Å². The van der Waals surface area contributed by atoms with Crippen LogP contribution in [0.5, 0.6) is 11.5 Å². The predicted molar refractivity (Wildman–Crippen MR) is 169 cm³/mol. The molecule has 4 rings (SSSR count). The van der Waals surface area contributed by atoms with Crippen molar-refractivity contribution in [2.24, 2.45) is 0 Å². The second-order valence-electron chi connectivity index (χ2n) is 10.6. The number of rotatable bonds is 15. The third-order valence-corrected chi connectivity index (χ3v) is 9.45. The van der Waals surface area contributed by atoms with Gasteiger partial charge in [-0.25, -0.2) is 14.4 Å². The van der Waals surface area contributed by atoms with Crippen LogP contribution in [0.3, 0.4) is 0 Å². The lowest BCUT2D eigenvalue weighted by molar-refractivity contribution is -0.135. The number of halogens is 3. The van der Waals surface area contributed by atoms with E-state index in [0.717, 1.165) is 32.1 Å². The minimum atomic E-state index is -3.75. The van der Waals surface area contributed by atoms with E-state index in [2.05, 4.69) is 22.2 Å². The zero-order valence-corrected chi connectivity index (χ0v) is 27.1. The quantitative estimate of drug-likeness (QED) is 0.104. The molecule has 14 heteroatoms. The van der Waals surface area contributed by atoms with Gasteiger partial charge in [0.1, 0.15) is 24.9 Å². The van der Waals surface area contributed by atoms with Gasteiger partial charge in [0.15, 0.2) is 17.3 Å². The van der Waals surface area contributed by atoms with E-state index in [-0.39, 0.29) is 33.5 Å². The first kappa shape index (κ1) is 34.0. The number of nitrogens with one attached hydrogen (secondary N) is 1. The molecule has 1 fully saturated rings. The molecule has 0 radical (unpaired) electrons. The van der Waals surface area contributed by atoms with Crippen molar-refractivity contribution in [3.8, 4) is 11.5 Å². The second kappa shape index (κ2) is 15.9. The maximum atomic E-state index is 14.7. The Labute approximate surface area is 267 Å². The average Bonchev–Trinajstić information content (AvgIpc) is 3.02. The third kappa shape index (κ3) is 9.06. The van der Waals surface area contributed by atoms with Crippen LogP contribution in [0.2, 0.25) is 10.0 Å². The topological polar surface area (TPSA) is 120 Å². The minimum absolute atomic E-state index is 0.0828. The van der Waals surface area contributed by atoms with Crippen LogP contribution in [0.25, 0.3) is 10.9 Å². The Morgan fingerprint density at radius 2 is 1.80 bits per heavy atom. The zero-order chi connectivity index (χ0) is 31.7. The first-order valence-corrected chi connectivity index (χ1v) is 17.0. The summed E-state index contributed by atoms with van der Waals surface area (Å²) in [6, 6.07) is 6.36. The van der Waals surface area contributed by atoms with E-state index >= 15 is 0 Å². The van der Waals surface area contributed by atoms with Gasteiger partial charge in [0, 0.05) is 37.4 Å². The molecule has 1 aromatic heterocycles. The molecular formula is C30H37Cl2FN4O6S. The molecule has 2 aromatic carbocycles. The molecule has 0 spiro atoms. The van der Waals surface area contributed by atoms with E-state index in [4.69, 9.17) is 36.9 Å². The molecule has 0 atom stereocenters. The minimum Gasteiger partial charge on any atom is -0.493 e. The number of carbonyl (C=O) groups is 1. The molecule has 1 N–H and O–H groups in total. The normalized spacial score (nSPS) is 14.2. The fourth-order valence-corrected chi connectivity index (χ4v) is 6.18. The summed E-state index contributed by atoms with van der Waals surface area (Å²) in [5.74, 6) is 0.0395. The van der Waals surface area contributed by atoms with Crippen molar-refractivity contribution in [2.75, 3.05) is 37.9 Å². The molecular weight excluding hydrogens is 634 g/mol. The molecule has 1 aliphatic rings. The molecule has 0 bridgehead atoms. The summed E-state index contributed by atoms with van der Waals surface area (Å²) >= 11 is 11.9. The fourth-order valence-electron chi connectivity index (χ4n) is 4.92. The molecule has 1 amide bonds. The smallest absolute Gasteiger partial charge is 0.267 e. The number of benzene rings is 2. The Balaban J connectivity index is 1.34. The van der Waals surface area contributed by atoms with Gasteiger partial charge in [0.05, 0.1) is 34.1 Å². The van der Waals surface area contributed by atoms with Gasteiger partial charge in [-0.1, -0.05) is 62.2 Å². The molecule has 1 aliphatic heterocycles. The van der Waals surface area contributed by atoms with E-state index < -0.39 is 22.5 Å². The van der Waals surface area contributed by atoms with Crippen LogP contribution in [-0.4, -0.2) is 67.9 Å². The van der Waals surface area contributed by atoms with Crippen LogP contribution in [0.15, 0.2) is 30.6 Å². The SMILES string of the molecule is CCCCCCCCS(=O)(=O)OCC(=O)N1CCC(Oc2cc3c(Nc4ccc(Cl)c(Cl)c4F)ncnc3cc2OC)CC1. The summed E-state index contributed by atoms with van der Waals surface area (Å²) < 4.78 is 56.0. The lowest BCUT2D eigenvalue weighted by atomic mass is 10.1. The van der Waals surface area contributed by atoms with Crippen molar-refractivity contribution >= 4 is 61.6 Å². The van der Waals surface area contributed by atoms with Gasteiger partial charge >= 0.3 is 0 Å². The number of methoxy groups -OCH3 is 1. The summed E-state index contributed by atoms with van der Waals surface area (Å²) in [5, 5.41) is 3.40. The van der Waals surface area contributed by atoms with Gasteiger partial charge in [0.2, 0.25) is 5.91 Å². The van der Waals surface area contributed by atoms with E-state index in [9.17, 15) is 17.6 Å². The van der Waals surface area contributed by atoms with Gasteiger partial charge in [-0.3, -0.25) is 8.98 Å². The van der Waals surface area contributed by atoms with E-state index in [1.807, 2.05) is 0 Å². The fraction of sp³-hybridized carbons (Fsp3) is 0.500. The van der Waals surface area contributed by atoms with Crippen molar-refractivity contribution < 1.29 is 31.3 Å². The molecule has 0 unspecified atom stereocenters. The lowest BCUT2D eigenvalue weighted by Crippen LogP contribution is -2.43. The Kier molecular flexibility index (Phi) is 12.3. The van der Waals surface area contributed by atoms with Gasteiger partial charge in [-0.2, -0.15) is 8.42 Å². The number of piperidine rings is 1. The van der Waals surface area contributed by atoms with Crippen LogP contribution >= 0.6 is 23.2 Å². The highest BCUT2D eigenvalue weighted by Crippen LogP contribution is 2.37. The molecule has 2 heterocycles. The summed E-state index contributed by atoms with van der Waals surface area (Å²) in [4.78, 5) is 22.8. The molecule has 240 valence electrons. The number of ether oxygens (including phenoxy) is 2. The van der Waals surface area contributed by atoms with Gasteiger partial charge in [-0.15, -0.1) is 0 Å². The van der Waals surface area contributed by atoms with Crippen LogP contribution in [0.4, 0.5) is 15.9 Å². The van der Waals surface area contributed by atoms with Crippen LogP contribution in [-0.2, 0) is 19.1 Å². The summed E-state index contributed by atoms with van der Waals surface area (Å²) in [6.45, 7) is 2.39. The number of hydrogen-bond donors (Lipinski definition) is 1. The Hall–Kier alpha value is -2.93. The summed E-state index contributed by atoms with van der Waals surface area (Å²) in [5.41, 5.74) is 0.632. The van der Waals surface area contributed by atoms with Crippen molar-refractivity contribution in [3.05, 3.63) is 46.5 Å². The maximum absolute atomic E-state index is 14.7. The highest BCUT2D eigenvalue weighted by atomic mass is 35.5. The highest BCUT2D eigenvalue weighted by Gasteiger charge is 2.26. The van der Waals surface area contributed by atoms with Gasteiger partial charge in [0.25, 0.3) is 10.1 Å². The molecule has 0 saturated carbocycles. The van der Waals surface area contributed by atoms with Crippen LogP contribution in [0, 0.1) is 5.82 Å². The Morgan fingerprint density at radius 1 is 1.07 bits per heavy atom. The second-order valence-corrected chi connectivity index (χ2v) is 13.1. The Morgan fingerprint density at radius 3 is 2.52 bits per heavy atom. The lowest BCUT2D eigenvalue weighted by Gasteiger charge is -2.32. The van der Waals surface area contributed by atoms with E-state index in [1.165, 1.54) is 25.6 Å². The van der Waals surface area contributed by atoms with E-state index in [0.29, 0.717) is 60.6 Å². The number of aromatic nitrogens is 2. The number of fused-ring (bicyclic) bond motifs is 1. The van der Waals surface area contributed by atoms with Crippen molar-refractivity contribution in [1.29, 1.82) is 0 Å². The highest BCUT2D eigenvalue weighted by molar-refractivity contribution is 7.86. The first-order chi connectivity index (χ1) is 21.1. The summed E-state index contributed by atoms with van der Waals surface area (Å²) in [7, 11) is -2.23. The Bertz CT molecular complexity index is 1550. The number of hydrogen-bond acceptors (Lipinski definition) is 9. The molecule has 3 aromatic rings. The number of carbonyl (C=O) groups excluding carboxylic acids is 1. The van der Waals surface area contributed by atoms with Crippen molar-refractivity contribution in [1.82, 2.24) is 14.9 Å². The largest absolute Gasteiger partial charge is 0.493 e. The van der Waals surface area contributed by atoms with Crippen molar-refractivity contribution in [2.45, 2.75) is 64.4 Å². The predicted octanol–water partition coefficient (Wildman–Crippen LogP) is 6.90. The van der Waals surface area contributed by atoms with E-state index in [1.54, 1.807) is 17.0 Å². The number of anilines is 2. The number of unbranched alkanes of at least 4 members (excludes halogenated alkanes) is 5. The molecule has 0 aliphatic carbocycles. The molecule has 10 nitrogen and oxygen atoms in total. The number of amides is 1. The molecule has 1 saturated heterocycles. The van der Waals surface area contributed by atoms with Crippen LogP contribution in [0.1, 0.15) is 58.3 Å². The summed E-state index contributed by atoms with van der Waals surface area (Å²) in [6.07, 6.45) is 7.85. The van der Waals surface area contributed by atoms with Gasteiger partial charge < -0.3 is 19.7 Å². The number of nitrogens with zero attached hydrogens (tertiary/aromatic N) is 3. The molecule has 44 heavy (non-hydrogen) atoms. The third-order valence-electron chi connectivity index (χ3n) is 7.41. The first-order valence-electron chi connectivity index (χ1n) is 14.7. The maximum Gasteiger partial charge on any atom is 0.267 e. The average molecular weight is 672 g/mol. The standard InChI is InChI=1S/C30H37Cl2FN4O6S/c1-3-4-5-6-7-8-15-44(39,40)42-18-27(38)37-13-11-20(12-14-37)43-26-16-21-24(17-25(26)41-2)34-19-35-30(21)36-23-10-9-22(31)28(32)29(23)33/h9-10,16-17,19-20H,3-8,11-15,18H2,1-2H3,(H,34,35,36). The number of likely N-dealkylation sites (tertiary alicyclic amines) is 1.